The van der Waals surface area contributed by atoms with Crippen molar-refractivity contribution in [3.63, 3.8) is 0 Å². The highest BCUT2D eigenvalue weighted by molar-refractivity contribution is 9.10. The van der Waals surface area contributed by atoms with Crippen LogP contribution in [0.1, 0.15) is 5.56 Å². The zero-order chi connectivity index (χ0) is 13.2. The smallest absolute Gasteiger partial charge is 0.113 e. The maximum atomic E-state index is 5.57. The standard InChI is InChI=1S/C14H13BrN4/c15-11-9-10(7-8-16)5-6-13(11)19-14-4-2-1-3-12(14)17-18-19/h1-6,9H,7-8,16H2. The summed E-state index contributed by atoms with van der Waals surface area (Å²) >= 11 is 3.59. The van der Waals surface area contributed by atoms with Gasteiger partial charge in [-0.1, -0.05) is 23.4 Å². The van der Waals surface area contributed by atoms with E-state index in [2.05, 4.69) is 38.4 Å². The van der Waals surface area contributed by atoms with Crippen LogP contribution in [-0.4, -0.2) is 21.5 Å². The first-order valence-corrected chi connectivity index (χ1v) is 6.88. The predicted octanol–water partition coefficient (Wildman–Crippen LogP) is 2.68. The summed E-state index contributed by atoms with van der Waals surface area (Å²) in [5.74, 6) is 0. The second-order valence-electron chi connectivity index (χ2n) is 4.31. The van der Waals surface area contributed by atoms with Crippen molar-refractivity contribution in [3.05, 3.63) is 52.5 Å². The highest BCUT2D eigenvalue weighted by Gasteiger charge is 2.09. The minimum absolute atomic E-state index is 0.651. The Morgan fingerprint density at radius 1 is 1.16 bits per heavy atom. The molecule has 4 nitrogen and oxygen atoms in total. The van der Waals surface area contributed by atoms with E-state index < -0.39 is 0 Å². The van der Waals surface area contributed by atoms with Gasteiger partial charge in [-0.2, -0.15) is 0 Å². The number of fused-ring (bicyclic) bond motifs is 1. The Morgan fingerprint density at radius 2 is 2.00 bits per heavy atom. The van der Waals surface area contributed by atoms with Crippen molar-refractivity contribution < 1.29 is 0 Å². The molecule has 0 aliphatic carbocycles. The van der Waals surface area contributed by atoms with Crippen molar-refractivity contribution in [1.29, 1.82) is 0 Å². The van der Waals surface area contributed by atoms with Gasteiger partial charge in [-0.25, -0.2) is 4.68 Å². The fourth-order valence-corrected chi connectivity index (χ4v) is 2.69. The van der Waals surface area contributed by atoms with Crippen molar-refractivity contribution in [1.82, 2.24) is 15.0 Å². The lowest BCUT2D eigenvalue weighted by Gasteiger charge is -2.07. The molecule has 0 radical (unpaired) electrons. The molecule has 0 bridgehead atoms. The van der Waals surface area contributed by atoms with Crippen molar-refractivity contribution >= 4 is 27.0 Å². The molecule has 1 aromatic heterocycles. The molecule has 96 valence electrons. The second kappa shape index (κ2) is 5.11. The molecule has 0 atom stereocenters. The number of benzene rings is 2. The molecule has 19 heavy (non-hydrogen) atoms. The zero-order valence-electron chi connectivity index (χ0n) is 10.3. The van der Waals surface area contributed by atoms with Crippen LogP contribution >= 0.6 is 15.9 Å². The van der Waals surface area contributed by atoms with Crippen molar-refractivity contribution in [2.75, 3.05) is 6.54 Å². The van der Waals surface area contributed by atoms with Crippen molar-refractivity contribution in [2.45, 2.75) is 6.42 Å². The maximum absolute atomic E-state index is 5.57. The predicted molar refractivity (Wildman–Crippen MR) is 79.3 cm³/mol. The van der Waals surface area contributed by atoms with Crippen molar-refractivity contribution in [3.8, 4) is 5.69 Å². The molecule has 1 heterocycles. The summed E-state index contributed by atoms with van der Waals surface area (Å²) in [6, 6.07) is 14.1. The van der Waals surface area contributed by atoms with E-state index in [0.717, 1.165) is 27.6 Å². The second-order valence-corrected chi connectivity index (χ2v) is 5.17. The van der Waals surface area contributed by atoms with Crippen LogP contribution in [0.15, 0.2) is 46.9 Å². The number of nitrogens with zero attached hydrogens (tertiary/aromatic N) is 3. The Balaban J connectivity index is 2.11. The summed E-state index contributed by atoms with van der Waals surface area (Å²) in [7, 11) is 0. The number of nitrogens with two attached hydrogens (primary N) is 1. The van der Waals surface area contributed by atoms with Crippen LogP contribution in [0.3, 0.4) is 0 Å². The average molecular weight is 317 g/mol. The zero-order valence-corrected chi connectivity index (χ0v) is 11.8. The molecule has 0 saturated carbocycles. The van der Waals surface area contributed by atoms with E-state index in [9.17, 15) is 0 Å². The lowest BCUT2D eigenvalue weighted by molar-refractivity contribution is 0.819. The van der Waals surface area contributed by atoms with Crippen LogP contribution in [-0.2, 0) is 6.42 Å². The SMILES string of the molecule is NCCc1ccc(-n2nnc3ccccc32)c(Br)c1. The molecule has 0 saturated heterocycles. The van der Waals surface area contributed by atoms with E-state index in [0.29, 0.717) is 6.54 Å². The number of aromatic nitrogens is 3. The maximum Gasteiger partial charge on any atom is 0.113 e. The first-order chi connectivity index (χ1) is 9.29. The number of rotatable bonds is 3. The van der Waals surface area contributed by atoms with Crippen LogP contribution in [0.25, 0.3) is 16.7 Å². The van der Waals surface area contributed by atoms with Crippen LogP contribution in [0.4, 0.5) is 0 Å². The van der Waals surface area contributed by atoms with Gasteiger partial charge in [-0.05, 0) is 58.7 Å². The third-order valence-corrected chi connectivity index (χ3v) is 3.66. The van der Waals surface area contributed by atoms with E-state index in [1.54, 1.807) is 0 Å². The summed E-state index contributed by atoms with van der Waals surface area (Å²) in [5.41, 5.74) is 9.65. The summed E-state index contributed by atoms with van der Waals surface area (Å²) in [4.78, 5) is 0. The molecule has 0 aliphatic rings. The molecular formula is C14H13BrN4. The van der Waals surface area contributed by atoms with Gasteiger partial charge in [-0.3, -0.25) is 0 Å². The molecule has 0 unspecified atom stereocenters. The number of para-hydroxylation sites is 1. The van der Waals surface area contributed by atoms with Gasteiger partial charge in [0.25, 0.3) is 0 Å². The molecule has 0 amide bonds. The lowest BCUT2D eigenvalue weighted by atomic mass is 10.1. The quantitative estimate of drug-likeness (QED) is 0.808. The topological polar surface area (TPSA) is 56.7 Å². The minimum atomic E-state index is 0.651. The van der Waals surface area contributed by atoms with Gasteiger partial charge in [0.05, 0.1) is 11.2 Å². The fraction of sp³-hybridized carbons (Fsp3) is 0.143. The van der Waals surface area contributed by atoms with Gasteiger partial charge in [0.2, 0.25) is 0 Å². The summed E-state index contributed by atoms with van der Waals surface area (Å²) in [5, 5.41) is 8.38. The van der Waals surface area contributed by atoms with Crippen molar-refractivity contribution in [2.24, 2.45) is 5.73 Å². The molecule has 3 aromatic rings. The fourth-order valence-electron chi connectivity index (χ4n) is 2.09. The van der Waals surface area contributed by atoms with Crippen LogP contribution in [0.2, 0.25) is 0 Å². The Hall–Kier alpha value is -1.72. The molecule has 0 aliphatic heterocycles. The van der Waals surface area contributed by atoms with E-state index in [1.165, 1.54) is 5.56 Å². The molecule has 0 spiro atoms. The van der Waals surface area contributed by atoms with E-state index >= 15 is 0 Å². The Kier molecular flexibility index (Phi) is 3.31. The van der Waals surface area contributed by atoms with Crippen LogP contribution < -0.4 is 5.73 Å². The summed E-state index contributed by atoms with van der Waals surface area (Å²) in [6.07, 6.45) is 0.872. The Bertz CT molecular complexity index is 720. The van der Waals surface area contributed by atoms with Gasteiger partial charge >= 0.3 is 0 Å². The Labute approximate surface area is 119 Å². The highest BCUT2D eigenvalue weighted by Crippen LogP contribution is 2.25. The number of hydrogen-bond donors (Lipinski definition) is 1. The average Bonchev–Trinajstić information content (AvgIpc) is 2.83. The van der Waals surface area contributed by atoms with Crippen LogP contribution in [0, 0.1) is 0 Å². The molecule has 2 N–H and O–H groups in total. The Morgan fingerprint density at radius 3 is 2.79 bits per heavy atom. The van der Waals surface area contributed by atoms with E-state index in [-0.39, 0.29) is 0 Å². The third kappa shape index (κ3) is 2.27. The lowest BCUT2D eigenvalue weighted by Crippen LogP contribution is -2.04. The summed E-state index contributed by atoms with van der Waals surface area (Å²) in [6.45, 7) is 0.651. The summed E-state index contributed by atoms with van der Waals surface area (Å²) < 4.78 is 2.83. The normalized spacial score (nSPS) is 11.1. The highest BCUT2D eigenvalue weighted by atomic mass is 79.9. The van der Waals surface area contributed by atoms with Gasteiger partial charge < -0.3 is 5.73 Å². The molecule has 5 heteroatoms. The third-order valence-electron chi connectivity index (χ3n) is 3.03. The molecular weight excluding hydrogens is 304 g/mol. The van der Waals surface area contributed by atoms with Crippen LogP contribution in [0.5, 0.6) is 0 Å². The largest absolute Gasteiger partial charge is 0.330 e. The van der Waals surface area contributed by atoms with E-state index in [1.807, 2.05) is 35.0 Å². The monoisotopic (exact) mass is 316 g/mol. The minimum Gasteiger partial charge on any atom is -0.330 e. The van der Waals surface area contributed by atoms with Gasteiger partial charge in [0.1, 0.15) is 5.52 Å². The first kappa shape index (κ1) is 12.3. The molecule has 2 aromatic carbocycles. The van der Waals surface area contributed by atoms with Gasteiger partial charge in [-0.15, -0.1) is 5.10 Å². The van der Waals surface area contributed by atoms with E-state index in [4.69, 9.17) is 5.73 Å². The van der Waals surface area contributed by atoms with Gasteiger partial charge in [0.15, 0.2) is 0 Å². The molecule has 0 fully saturated rings. The molecule has 3 rings (SSSR count). The number of halogens is 1. The first-order valence-electron chi connectivity index (χ1n) is 6.09. The number of hydrogen-bond acceptors (Lipinski definition) is 3. The van der Waals surface area contributed by atoms with Gasteiger partial charge in [0, 0.05) is 4.47 Å².